The van der Waals surface area contributed by atoms with Gasteiger partial charge in [0.15, 0.2) is 10.5 Å². The molecular formula is C27H23N5S. The first-order valence-electron chi connectivity index (χ1n) is 11.1. The summed E-state index contributed by atoms with van der Waals surface area (Å²) in [4.78, 5) is 15.3. The van der Waals surface area contributed by atoms with Crippen molar-refractivity contribution in [3.8, 4) is 0 Å². The smallest absolute Gasteiger partial charge is 0.210 e. The normalized spacial score (nSPS) is 16.0. The summed E-state index contributed by atoms with van der Waals surface area (Å²) in [7, 11) is 0. The summed E-state index contributed by atoms with van der Waals surface area (Å²) in [6.45, 7) is 6.54. The van der Waals surface area contributed by atoms with E-state index in [2.05, 4.69) is 62.2 Å². The second-order valence-electron chi connectivity index (χ2n) is 8.63. The van der Waals surface area contributed by atoms with E-state index < -0.39 is 0 Å². The van der Waals surface area contributed by atoms with Crippen LogP contribution < -0.4 is 5.01 Å². The van der Waals surface area contributed by atoms with E-state index in [4.69, 9.17) is 20.1 Å². The molecule has 1 unspecified atom stereocenters. The predicted octanol–water partition coefficient (Wildman–Crippen LogP) is 6.52. The standard InChI is InChI=1S/C27H23N5S/c1-16-13-17(2)24(18(3)14-16)23-15-22(19-9-5-4-6-10-19)31-32(23)27-30-25-26(33-27)29-21-12-8-7-11-20(21)28-25/h4-14,23H,15H2,1-3H3. The third-order valence-corrected chi connectivity index (χ3v) is 7.12. The highest BCUT2D eigenvalue weighted by molar-refractivity contribution is 7.21. The van der Waals surface area contributed by atoms with E-state index in [-0.39, 0.29) is 6.04 Å². The van der Waals surface area contributed by atoms with Gasteiger partial charge in [-0.15, -0.1) is 0 Å². The number of para-hydroxylation sites is 2. The number of aromatic nitrogens is 3. The lowest BCUT2D eigenvalue weighted by atomic mass is 9.90. The number of fused-ring (bicyclic) bond motifs is 2. The van der Waals surface area contributed by atoms with Crippen LogP contribution in [0.5, 0.6) is 0 Å². The first-order valence-corrected chi connectivity index (χ1v) is 11.9. The number of hydrazone groups is 1. The van der Waals surface area contributed by atoms with Gasteiger partial charge in [0, 0.05) is 6.42 Å². The average molecular weight is 450 g/mol. The van der Waals surface area contributed by atoms with Gasteiger partial charge in [-0.3, -0.25) is 0 Å². The Hall–Kier alpha value is -3.64. The molecular weight excluding hydrogens is 426 g/mol. The molecule has 3 aromatic carbocycles. The lowest BCUT2D eigenvalue weighted by Gasteiger charge is -2.25. The van der Waals surface area contributed by atoms with E-state index in [1.54, 1.807) is 11.3 Å². The van der Waals surface area contributed by atoms with Crippen LogP contribution >= 0.6 is 11.3 Å². The van der Waals surface area contributed by atoms with Crippen molar-refractivity contribution in [3.05, 3.63) is 94.5 Å². The van der Waals surface area contributed by atoms with Crippen molar-refractivity contribution in [3.63, 3.8) is 0 Å². The molecule has 1 atom stereocenters. The number of hydrogen-bond donors (Lipinski definition) is 0. The van der Waals surface area contributed by atoms with Crippen molar-refractivity contribution in [2.45, 2.75) is 33.2 Å². The molecule has 0 saturated heterocycles. The Balaban J connectivity index is 1.51. The molecule has 0 amide bonds. The molecule has 5 aromatic rings. The fourth-order valence-corrected chi connectivity index (χ4v) is 5.74. The molecule has 162 valence electrons. The molecule has 33 heavy (non-hydrogen) atoms. The number of thiazole rings is 1. The average Bonchev–Trinajstić information content (AvgIpc) is 3.41. The summed E-state index contributed by atoms with van der Waals surface area (Å²) in [6.07, 6.45) is 0.827. The lowest BCUT2D eigenvalue weighted by molar-refractivity contribution is 0.697. The van der Waals surface area contributed by atoms with Crippen LogP contribution in [0, 0.1) is 20.8 Å². The second-order valence-corrected chi connectivity index (χ2v) is 9.58. The number of rotatable bonds is 3. The quantitative estimate of drug-likeness (QED) is 0.315. The first-order chi connectivity index (χ1) is 16.1. The highest BCUT2D eigenvalue weighted by Gasteiger charge is 2.34. The van der Waals surface area contributed by atoms with E-state index >= 15 is 0 Å². The zero-order valence-electron chi connectivity index (χ0n) is 18.8. The SMILES string of the molecule is Cc1cc(C)c(C2CC(c3ccccc3)=NN2c2nc3nc4ccccc4nc3s2)c(C)c1. The molecule has 3 heterocycles. The molecule has 1 aliphatic heterocycles. The molecule has 0 N–H and O–H groups in total. The van der Waals surface area contributed by atoms with Crippen molar-refractivity contribution in [2.75, 3.05) is 5.01 Å². The number of benzene rings is 3. The Bertz CT molecular complexity index is 1460. The summed E-state index contributed by atoms with van der Waals surface area (Å²) < 4.78 is 0. The molecule has 0 radical (unpaired) electrons. The number of nitrogens with zero attached hydrogens (tertiary/aromatic N) is 5. The van der Waals surface area contributed by atoms with Gasteiger partial charge in [-0.25, -0.2) is 15.0 Å². The molecule has 1 aliphatic rings. The number of aryl methyl sites for hydroxylation is 3. The van der Waals surface area contributed by atoms with E-state index in [1.807, 2.05) is 30.3 Å². The zero-order chi connectivity index (χ0) is 22.5. The van der Waals surface area contributed by atoms with Crippen LogP contribution in [-0.2, 0) is 0 Å². The summed E-state index contributed by atoms with van der Waals surface area (Å²) >= 11 is 1.55. The van der Waals surface area contributed by atoms with Gasteiger partial charge in [0.05, 0.1) is 22.8 Å². The van der Waals surface area contributed by atoms with Crippen LogP contribution in [0.1, 0.15) is 40.3 Å². The zero-order valence-corrected chi connectivity index (χ0v) is 19.6. The number of anilines is 1. The molecule has 6 rings (SSSR count). The maximum absolute atomic E-state index is 5.10. The van der Waals surface area contributed by atoms with Crippen LogP contribution in [-0.4, -0.2) is 20.7 Å². The van der Waals surface area contributed by atoms with Gasteiger partial charge in [-0.2, -0.15) is 10.1 Å². The Labute approximate surface area is 196 Å². The van der Waals surface area contributed by atoms with Crippen LogP contribution in [0.25, 0.3) is 21.5 Å². The van der Waals surface area contributed by atoms with Crippen molar-refractivity contribution >= 4 is 43.7 Å². The van der Waals surface area contributed by atoms with Crippen molar-refractivity contribution in [2.24, 2.45) is 5.10 Å². The van der Waals surface area contributed by atoms with E-state index in [1.165, 1.54) is 22.3 Å². The summed E-state index contributed by atoms with van der Waals surface area (Å²) in [6, 6.07) is 23.0. The maximum Gasteiger partial charge on any atom is 0.210 e. The van der Waals surface area contributed by atoms with Crippen LogP contribution in [0.2, 0.25) is 0 Å². The highest BCUT2D eigenvalue weighted by Crippen LogP contribution is 2.42. The Kier molecular flexibility index (Phi) is 4.69. The van der Waals surface area contributed by atoms with Gasteiger partial charge in [0.2, 0.25) is 5.13 Å². The largest absolute Gasteiger partial charge is 0.232 e. The van der Waals surface area contributed by atoms with Crippen LogP contribution in [0.15, 0.2) is 71.8 Å². The van der Waals surface area contributed by atoms with Crippen molar-refractivity contribution < 1.29 is 0 Å². The third kappa shape index (κ3) is 3.47. The van der Waals surface area contributed by atoms with Gasteiger partial charge in [0.25, 0.3) is 0 Å². The third-order valence-electron chi connectivity index (χ3n) is 6.20. The van der Waals surface area contributed by atoms with Crippen LogP contribution in [0.3, 0.4) is 0 Å². The maximum atomic E-state index is 5.10. The van der Waals surface area contributed by atoms with Gasteiger partial charge in [-0.1, -0.05) is 71.5 Å². The van der Waals surface area contributed by atoms with E-state index in [9.17, 15) is 0 Å². The second kappa shape index (κ2) is 7.74. The Morgan fingerprint density at radius 2 is 1.48 bits per heavy atom. The molecule has 0 bridgehead atoms. The molecule has 0 spiro atoms. The van der Waals surface area contributed by atoms with Crippen LogP contribution in [0.4, 0.5) is 5.13 Å². The van der Waals surface area contributed by atoms with E-state index in [0.717, 1.165) is 38.7 Å². The lowest BCUT2D eigenvalue weighted by Crippen LogP contribution is -2.20. The number of hydrogen-bond acceptors (Lipinski definition) is 6. The minimum Gasteiger partial charge on any atom is -0.232 e. The minimum absolute atomic E-state index is 0.0794. The fraction of sp³-hybridized carbons (Fsp3) is 0.185. The molecule has 5 nitrogen and oxygen atoms in total. The highest BCUT2D eigenvalue weighted by atomic mass is 32.1. The summed E-state index contributed by atoms with van der Waals surface area (Å²) in [5.41, 5.74) is 9.82. The van der Waals surface area contributed by atoms with Gasteiger partial charge >= 0.3 is 0 Å². The molecule has 2 aromatic heterocycles. The van der Waals surface area contributed by atoms with Crippen molar-refractivity contribution in [1.29, 1.82) is 0 Å². The van der Waals surface area contributed by atoms with Gasteiger partial charge < -0.3 is 0 Å². The summed E-state index contributed by atoms with van der Waals surface area (Å²) in [5.74, 6) is 0. The summed E-state index contributed by atoms with van der Waals surface area (Å²) in [5, 5.41) is 8.02. The Morgan fingerprint density at radius 1 is 0.818 bits per heavy atom. The predicted molar refractivity (Wildman–Crippen MR) is 136 cm³/mol. The van der Waals surface area contributed by atoms with Gasteiger partial charge in [0.1, 0.15) is 0 Å². The monoisotopic (exact) mass is 449 g/mol. The van der Waals surface area contributed by atoms with Crippen molar-refractivity contribution in [1.82, 2.24) is 15.0 Å². The molecule has 0 fully saturated rings. The molecule has 0 aliphatic carbocycles. The molecule has 0 saturated carbocycles. The van der Waals surface area contributed by atoms with Gasteiger partial charge in [-0.05, 0) is 55.2 Å². The Morgan fingerprint density at radius 3 is 2.21 bits per heavy atom. The topological polar surface area (TPSA) is 54.3 Å². The molecule has 6 heteroatoms. The minimum atomic E-state index is 0.0794. The fourth-order valence-electron chi connectivity index (χ4n) is 4.85. The van der Waals surface area contributed by atoms with E-state index in [0.29, 0.717) is 5.65 Å². The first kappa shape index (κ1) is 20.0.